The minimum atomic E-state index is -0.336. The first-order valence-electron chi connectivity index (χ1n) is 13.6. The van der Waals surface area contributed by atoms with Crippen LogP contribution >= 0.6 is 0 Å². The first kappa shape index (κ1) is 27.1. The van der Waals surface area contributed by atoms with Crippen molar-refractivity contribution in [1.29, 1.82) is 0 Å². The van der Waals surface area contributed by atoms with E-state index < -0.39 is 0 Å². The van der Waals surface area contributed by atoms with Crippen LogP contribution in [0.15, 0.2) is 60.7 Å². The van der Waals surface area contributed by atoms with Crippen LogP contribution in [0.2, 0.25) is 0 Å². The molecule has 0 saturated carbocycles. The van der Waals surface area contributed by atoms with E-state index in [4.69, 9.17) is 14.2 Å². The second-order valence-electron chi connectivity index (χ2n) is 10.0. The van der Waals surface area contributed by atoms with Crippen molar-refractivity contribution in [3.05, 3.63) is 88.7 Å². The minimum absolute atomic E-state index is 0.172. The molecule has 5 rings (SSSR count). The summed E-state index contributed by atoms with van der Waals surface area (Å²) in [7, 11) is 0. The lowest BCUT2D eigenvalue weighted by atomic mass is 10.0. The lowest BCUT2D eigenvalue weighted by Crippen LogP contribution is -2.36. The van der Waals surface area contributed by atoms with Gasteiger partial charge in [0.15, 0.2) is 0 Å². The zero-order valence-electron chi connectivity index (χ0n) is 22.5. The number of ether oxygens (including phenoxy) is 3. The van der Waals surface area contributed by atoms with E-state index in [-0.39, 0.29) is 18.3 Å². The van der Waals surface area contributed by atoms with Crippen LogP contribution in [0.25, 0.3) is 0 Å². The Balaban J connectivity index is 1.33. The summed E-state index contributed by atoms with van der Waals surface area (Å²) in [5.74, 6) is 0.357. The second kappa shape index (κ2) is 13.1. The zero-order chi connectivity index (χ0) is 27.0. The molecule has 0 aliphatic carbocycles. The number of fused-ring (bicyclic) bond motifs is 3. The largest absolute Gasteiger partial charge is 0.491 e. The topological polar surface area (TPSA) is 63.3 Å². The molecule has 0 aromatic heterocycles. The van der Waals surface area contributed by atoms with Gasteiger partial charge in [0.05, 0.1) is 33.0 Å². The highest BCUT2D eigenvalue weighted by molar-refractivity contribution is 5.93. The van der Waals surface area contributed by atoms with Crippen LogP contribution in [0, 0.1) is 12.7 Å². The molecule has 2 aliphatic heterocycles. The average Bonchev–Trinajstić information content (AvgIpc) is 2.94. The molecule has 2 bridgehead atoms. The third-order valence-electron chi connectivity index (χ3n) is 7.16. The number of amides is 1. The van der Waals surface area contributed by atoms with Gasteiger partial charge in [0.2, 0.25) is 5.91 Å². The Kier molecular flexibility index (Phi) is 9.08. The molecule has 7 nitrogen and oxygen atoms in total. The van der Waals surface area contributed by atoms with Crippen molar-refractivity contribution in [1.82, 2.24) is 4.90 Å². The van der Waals surface area contributed by atoms with Gasteiger partial charge in [-0.2, -0.15) is 0 Å². The predicted octanol–water partition coefficient (Wildman–Crippen LogP) is 4.41. The van der Waals surface area contributed by atoms with E-state index in [1.54, 1.807) is 19.1 Å². The Morgan fingerprint density at radius 2 is 1.67 bits per heavy atom. The highest BCUT2D eigenvalue weighted by Gasteiger charge is 2.17. The molecule has 3 aromatic rings. The Bertz CT molecular complexity index is 1280. The Hall–Kier alpha value is -3.46. The molecule has 1 amide bonds. The monoisotopic (exact) mass is 533 g/mol. The van der Waals surface area contributed by atoms with E-state index in [1.165, 1.54) is 17.3 Å². The molecule has 39 heavy (non-hydrogen) atoms. The Morgan fingerprint density at radius 3 is 2.54 bits per heavy atom. The number of hydrogen-bond acceptors (Lipinski definition) is 6. The summed E-state index contributed by atoms with van der Waals surface area (Å²) in [6.07, 6.45) is 0.738. The number of carbonyl (C=O) groups excluding carboxylic acids is 1. The van der Waals surface area contributed by atoms with Gasteiger partial charge in [0.25, 0.3) is 0 Å². The average molecular weight is 534 g/mol. The summed E-state index contributed by atoms with van der Waals surface area (Å²) in [5.41, 5.74) is 5.54. The van der Waals surface area contributed by atoms with Gasteiger partial charge < -0.3 is 24.4 Å². The van der Waals surface area contributed by atoms with Crippen molar-refractivity contribution in [2.75, 3.05) is 69.4 Å². The van der Waals surface area contributed by atoms with Gasteiger partial charge in [-0.15, -0.1) is 0 Å². The summed E-state index contributed by atoms with van der Waals surface area (Å²) in [6, 6.07) is 19.6. The standard InChI is InChI=1S/C31H36FN3O4/c1-23-28(32)6-3-7-29(23)33-31(36)22-34-10-13-38-16-17-39-30-9-8-27(35-11-14-37-15-12-35)20-26(30)19-24-4-2-5-25(18-24)21-34/h2-9,18,20H,10-17,19,21-22H2,1H3,(H,33,36). The van der Waals surface area contributed by atoms with Gasteiger partial charge in [-0.1, -0.05) is 30.3 Å². The third kappa shape index (κ3) is 7.35. The first-order valence-corrected chi connectivity index (χ1v) is 13.6. The minimum Gasteiger partial charge on any atom is -0.491 e. The summed E-state index contributed by atoms with van der Waals surface area (Å²) in [6.45, 7) is 7.63. The lowest BCUT2D eigenvalue weighted by Gasteiger charge is -2.29. The van der Waals surface area contributed by atoms with Crippen LogP contribution in [-0.4, -0.2) is 70.0 Å². The molecule has 0 unspecified atom stereocenters. The SMILES string of the molecule is Cc1c(F)cccc1NC(=O)CN1CCOCCOc2ccc(N3CCOCC3)cc2Cc2cccc(c2)C1. The van der Waals surface area contributed by atoms with Gasteiger partial charge in [-0.3, -0.25) is 9.69 Å². The van der Waals surface area contributed by atoms with Crippen molar-refractivity contribution < 1.29 is 23.4 Å². The van der Waals surface area contributed by atoms with Crippen LogP contribution < -0.4 is 15.0 Å². The number of hydrogen-bond donors (Lipinski definition) is 1. The lowest BCUT2D eigenvalue weighted by molar-refractivity contribution is -0.117. The van der Waals surface area contributed by atoms with E-state index in [0.29, 0.717) is 44.2 Å². The molecule has 1 saturated heterocycles. The Morgan fingerprint density at radius 1 is 0.897 bits per heavy atom. The Labute approximate surface area is 229 Å². The molecule has 8 heteroatoms. The van der Waals surface area contributed by atoms with Crippen molar-refractivity contribution in [3.8, 4) is 5.75 Å². The number of benzene rings is 3. The fourth-order valence-corrected chi connectivity index (χ4v) is 5.04. The number of rotatable bonds is 4. The highest BCUT2D eigenvalue weighted by atomic mass is 19.1. The molecule has 0 atom stereocenters. The van der Waals surface area contributed by atoms with E-state index in [0.717, 1.165) is 49.6 Å². The van der Waals surface area contributed by atoms with Crippen LogP contribution in [0.5, 0.6) is 5.75 Å². The first-order chi connectivity index (χ1) is 19.0. The molecule has 3 aromatic carbocycles. The molecule has 2 heterocycles. The van der Waals surface area contributed by atoms with Crippen molar-refractivity contribution in [2.24, 2.45) is 0 Å². The van der Waals surface area contributed by atoms with Gasteiger partial charge in [0.1, 0.15) is 18.2 Å². The highest BCUT2D eigenvalue weighted by Crippen LogP contribution is 2.29. The predicted molar refractivity (Wildman–Crippen MR) is 150 cm³/mol. The van der Waals surface area contributed by atoms with Crippen molar-refractivity contribution in [2.45, 2.75) is 19.9 Å². The van der Waals surface area contributed by atoms with Crippen molar-refractivity contribution in [3.63, 3.8) is 0 Å². The summed E-state index contributed by atoms with van der Waals surface area (Å²) in [5, 5.41) is 2.86. The van der Waals surface area contributed by atoms with E-state index in [2.05, 4.69) is 57.6 Å². The number of nitrogens with one attached hydrogen (secondary N) is 1. The van der Waals surface area contributed by atoms with Crippen LogP contribution in [0.1, 0.15) is 22.3 Å². The quantitative estimate of drug-likeness (QED) is 0.536. The van der Waals surface area contributed by atoms with E-state index >= 15 is 0 Å². The van der Waals surface area contributed by atoms with E-state index in [1.807, 2.05) is 0 Å². The van der Waals surface area contributed by atoms with E-state index in [9.17, 15) is 9.18 Å². The number of nitrogens with zero attached hydrogens (tertiary/aromatic N) is 2. The summed E-state index contributed by atoms with van der Waals surface area (Å²) < 4.78 is 31.5. The maximum absolute atomic E-state index is 13.9. The maximum Gasteiger partial charge on any atom is 0.238 e. The zero-order valence-corrected chi connectivity index (χ0v) is 22.5. The summed E-state index contributed by atoms with van der Waals surface area (Å²) in [4.78, 5) is 17.3. The second-order valence-corrected chi connectivity index (χ2v) is 10.0. The van der Waals surface area contributed by atoms with Gasteiger partial charge in [-0.05, 0) is 48.4 Å². The fraction of sp³-hybridized carbons (Fsp3) is 0.387. The van der Waals surface area contributed by atoms with Crippen molar-refractivity contribution >= 4 is 17.3 Å². The van der Waals surface area contributed by atoms with Gasteiger partial charge in [0, 0.05) is 55.1 Å². The van der Waals surface area contributed by atoms with Gasteiger partial charge in [-0.25, -0.2) is 4.39 Å². The number of halogens is 1. The summed E-state index contributed by atoms with van der Waals surface area (Å²) >= 11 is 0. The maximum atomic E-state index is 13.9. The molecule has 1 fully saturated rings. The molecule has 2 aliphatic rings. The number of morpholine rings is 1. The number of carbonyl (C=O) groups is 1. The van der Waals surface area contributed by atoms with Crippen LogP contribution in [-0.2, 0) is 27.2 Å². The van der Waals surface area contributed by atoms with Gasteiger partial charge >= 0.3 is 0 Å². The fourth-order valence-electron chi connectivity index (χ4n) is 5.04. The normalized spacial score (nSPS) is 17.0. The molecule has 206 valence electrons. The molecule has 0 radical (unpaired) electrons. The molecule has 1 N–H and O–H groups in total. The molecular weight excluding hydrogens is 497 g/mol. The third-order valence-corrected chi connectivity index (χ3v) is 7.16. The molecular formula is C31H36FN3O4. The smallest absolute Gasteiger partial charge is 0.238 e. The van der Waals surface area contributed by atoms with Crippen LogP contribution in [0.3, 0.4) is 0 Å². The number of anilines is 2. The van der Waals surface area contributed by atoms with Crippen LogP contribution in [0.4, 0.5) is 15.8 Å². The molecule has 0 spiro atoms.